The van der Waals surface area contributed by atoms with E-state index in [2.05, 4.69) is 18.1 Å². The molecule has 108 valence electrons. The molecule has 1 aromatic heterocycles. The van der Waals surface area contributed by atoms with Crippen molar-refractivity contribution in [1.82, 2.24) is 9.78 Å². The lowest BCUT2D eigenvalue weighted by molar-refractivity contribution is 0.433. The van der Waals surface area contributed by atoms with Crippen molar-refractivity contribution >= 4 is 0 Å². The molecule has 2 aromatic rings. The van der Waals surface area contributed by atoms with Gasteiger partial charge in [0, 0.05) is 24.2 Å². The summed E-state index contributed by atoms with van der Waals surface area (Å²) in [5, 5.41) is 4.42. The lowest BCUT2D eigenvalue weighted by Gasteiger charge is -2.25. The topological polar surface area (TPSA) is 43.8 Å². The molecular formula is C16H22FN3. The molecule has 0 saturated carbocycles. The summed E-state index contributed by atoms with van der Waals surface area (Å²) < 4.78 is 15.7. The second-order valence-electron chi connectivity index (χ2n) is 5.69. The highest BCUT2D eigenvalue weighted by atomic mass is 19.1. The lowest BCUT2D eigenvalue weighted by Crippen LogP contribution is -2.41. The van der Waals surface area contributed by atoms with E-state index in [9.17, 15) is 4.39 Å². The van der Waals surface area contributed by atoms with Crippen LogP contribution < -0.4 is 5.73 Å². The quantitative estimate of drug-likeness (QED) is 0.912. The third kappa shape index (κ3) is 3.45. The van der Waals surface area contributed by atoms with Crippen LogP contribution in [0.1, 0.15) is 30.8 Å². The van der Waals surface area contributed by atoms with Crippen molar-refractivity contribution in [3.05, 3.63) is 53.1 Å². The minimum absolute atomic E-state index is 0.190. The molecule has 0 aliphatic heterocycles. The second kappa shape index (κ2) is 5.75. The number of rotatable bonds is 5. The fourth-order valence-electron chi connectivity index (χ4n) is 2.57. The average Bonchev–Trinajstić information content (AvgIpc) is 2.71. The highest BCUT2D eigenvalue weighted by molar-refractivity contribution is 5.21. The highest BCUT2D eigenvalue weighted by Crippen LogP contribution is 2.19. The standard InChI is InChI=1S/C16H22FN3/c1-4-20-14(9-12(2)19-20)11-16(3,18)10-13-7-5-6-8-15(13)17/h5-9H,4,10-11,18H2,1-3H3. The molecule has 2 rings (SSSR count). The predicted molar refractivity (Wildman–Crippen MR) is 79.0 cm³/mol. The third-order valence-corrected chi connectivity index (χ3v) is 3.42. The van der Waals surface area contributed by atoms with Gasteiger partial charge in [-0.05, 0) is 44.9 Å². The van der Waals surface area contributed by atoms with Crippen LogP contribution in [0.3, 0.4) is 0 Å². The number of benzene rings is 1. The number of halogens is 1. The van der Waals surface area contributed by atoms with Gasteiger partial charge in [-0.3, -0.25) is 4.68 Å². The molecule has 1 atom stereocenters. The molecular weight excluding hydrogens is 253 g/mol. The van der Waals surface area contributed by atoms with Crippen LogP contribution in [0.25, 0.3) is 0 Å². The van der Waals surface area contributed by atoms with Crippen LogP contribution in [-0.4, -0.2) is 15.3 Å². The summed E-state index contributed by atoms with van der Waals surface area (Å²) in [6, 6.07) is 8.86. The Bertz CT molecular complexity index is 587. The number of aryl methyl sites for hydroxylation is 2. The van der Waals surface area contributed by atoms with E-state index in [4.69, 9.17) is 5.73 Å². The van der Waals surface area contributed by atoms with E-state index in [-0.39, 0.29) is 5.82 Å². The summed E-state index contributed by atoms with van der Waals surface area (Å²) in [5.41, 5.74) is 8.63. The van der Waals surface area contributed by atoms with Crippen LogP contribution in [0, 0.1) is 12.7 Å². The van der Waals surface area contributed by atoms with Crippen molar-refractivity contribution in [1.29, 1.82) is 0 Å². The Morgan fingerprint density at radius 3 is 2.65 bits per heavy atom. The molecule has 0 bridgehead atoms. The van der Waals surface area contributed by atoms with Gasteiger partial charge in [-0.2, -0.15) is 5.10 Å². The van der Waals surface area contributed by atoms with Crippen molar-refractivity contribution in [2.75, 3.05) is 0 Å². The number of hydrogen-bond donors (Lipinski definition) is 1. The Hall–Kier alpha value is -1.68. The van der Waals surface area contributed by atoms with Crippen LogP contribution in [-0.2, 0) is 19.4 Å². The Morgan fingerprint density at radius 1 is 1.30 bits per heavy atom. The zero-order chi connectivity index (χ0) is 14.8. The van der Waals surface area contributed by atoms with E-state index in [0.717, 1.165) is 17.9 Å². The van der Waals surface area contributed by atoms with E-state index in [0.29, 0.717) is 18.4 Å². The molecule has 0 amide bonds. The molecule has 1 aromatic carbocycles. The van der Waals surface area contributed by atoms with Crippen LogP contribution in [0.5, 0.6) is 0 Å². The number of hydrogen-bond acceptors (Lipinski definition) is 2. The molecule has 20 heavy (non-hydrogen) atoms. The zero-order valence-electron chi connectivity index (χ0n) is 12.4. The van der Waals surface area contributed by atoms with Gasteiger partial charge in [-0.1, -0.05) is 18.2 Å². The van der Waals surface area contributed by atoms with Gasteiger partial charge < -0.3 is 5.73 Å². The van der Waals surface area contributed by atoms with Crippen molar-refractivity contribution in [3.63, 3.8) is 0 Å². The maximum Gasteiger partial charge on any atom is 0.126 e. The van der Waals surface area contributed by atoms with Crippen LogP contribution in [0.2, 0.25) is 0 Å². The van der Waals surface area contributed by atoms with E-state index in [1.807, 2.05) is 24.6 Å². The normalized spacial score (nSPS) is 14.2. The Kier molecular flexibility index (Phi) is 4.23. The minimum Gasteiger partial charge on any atom is -0.325 e. The first kappa shape index (κ1) is 14.7. The molecule has 0 aliphatic carbocycles. The summed E-state index contributed by atoms with van der Waals surface area (Å²) in [6.45, 7) is 6.81. The molecule has 3 nitrogen and oxygen atoms in total. The Balaban J connectivity index is 2.16. The van der Waals surface area contributed by atoms with Gasteiger partial charge in [-0.15, -0.1) is 0 Å². The van der Waals surface area contributed by atoms with Crippen molar-refractivity contribution in [3.8, 4) is 0 Å². The smallest absolute Gasteiger partial charge is 0.126 e. The van der Waals surface area contributed by atoms with E-state index < -0.39 is 5.54 Å². The van der Waals surface area contributed by atoms with Crippen molar-refractivity contribution in [2.24, 2.45) is 5.73 Å². The first-order chi connectivity index (χ1) is 9.41. The highest BCUT2D eigenvalue weighted by Gasteiger charge is 2.23. The SMILES string of the molecule is CCn1nc(C)cc1CC(C)(N)Cc1ccccc1F. The first-order valence-electron chi connectivity index (χ1n) is 6.97. The molecule has 0 saturated heterocycles. The van der Waals surface area contributed by atoms with Gasteiger partial charge >= 0.3 is 0 Å². The third-order valence-electron chi connectivity index (χ3n) is 3.42. The largest absolute Gasteiger partial charge is 0.325 e. The fraction of sp³-hybridized carbons (Fsp3) is 0.438. The minimum atomic E-state index is -0.498. The molecule has 1 unspecified atom stereocenters. The van der Waals surface area contributed by atoms with Crippen LogP contribution >= 0.6 is 0 Å². The summed E-state index contributed by atoms with van der Waals surface area (Å²) in [5.74, 6) is -0.190. The van der Waals surface area contributed by atoms with E-state index >= 15 is 0 Å². The molecule has 2 N–H and O–H groups in total. The molecule has 0 spiro atoms. The summed E-state index contributed by atoms with van der Waals surface area (Å²) in [7, 11) is 0. The first-order valence-corrected chi connectivity index (χ1v) is 6.97. The van der Waals surface area contributed by atoms with E-state index in [1.54, 1.807) is 12.1 Å². The second-order valence-corrected chi connectivity index (χ2v) is 5.69. The van der Waals surface area contributed by atoms with Crippen LogP contribution in [0.4, 0.5) is 4.39 Å². The lowest BCUT2D eigenvalue weighted by atomic mass is 9.89. The molecule has 1 heterocycles. The Labute approximate surface area is 119 Å². The van der Waals surface area contributed by atoms with Gasteiger partial charge in [0.25, 0.3) is 0 Å². The maximum absolute atomic E-state index is 13.7. The van der Waals surface area contributed by atoms with E-state index in [1.165, 1.54) is 6.07 Å². The van der Waals surface area contributed by atoms with Gasteiger partial charge in [0.2, 0.25) is 0 Å². The van der Waals surface area contributed by atoms with Crippen molar-refractivity contribution in [2.45, 2.75) is 45.7 Å². The van der Waals surface area contributed by atoms with Gasteiger partial charge in [-0.25, -0.2) is 4.39 Å². The molecule has 0 aliphatic rings. The summed E-state index contributed by atoms with van der Waals surface area (Å²) >= 11 is 0. The van der Waals surface area contributed by atoms with Crippen molar-refractivity contribution < 1.29 is 4.39 Å². The predicted octanol–water partition coefficient (Wildman–Crippen LogP) is 2.85. The summed E-state index contributed by atoms with van der Waals surface area (Å²) in [4.78, 5) is 0. The zero-order valence-corrected chi connectivity index (χ0v) is 12.4. The number of nitrogens with two attached hydrogens (primary N) is 1. The monoisotopic (exact) mass is 275 g/mol. The molecule has 4 heteroatoms. The van der Waals surface area contributed by atoms with Gasteiger partial charge in [0.15, 0.2) is 0 Å². The molecule has 0 fully saturated rings. The summed E-state index contributed by atoms with van der Waals surface area (Å²) in [6.07, 6.45) is 1.18. The fourth-order valence-corrected chi connectivity index (χ4v) is 2.57. The Morgan fingerprint density at radius 2 is 2.00 bits per heavy atom. The number of nitrogens with zero attached hydrogens (tertiary/aromatic N) is 2. The van der Waals surface area contributed by atoms with Gasteiger partial charge in [0.1, 0.15) is 5.82 Å². The molecule has 0 radical (unpaired) electrons. The van der Waals surface area contributed by atoms with Crippen LogP contribution in [0.15, 0.2) is 30.3 Å². The van der Waals surface area contributed by atoms with Gasteiger partial charge in [0.05, 0.1) is 5.69 Å². The number of aromatic nitrogens is 2. The maximum atomic E-state index is 13.7. The average molecular weight is 275 g/mol.